The summed E-state index contributed by atoms with van der Waals surface area (Å²) in [6, 6.07) is 0. The summed E-state index contributed by atoms with van der Waals surface area (Å²) in [5.41, 5.74) is 0.0258. The van der Waals surface area contributed by atoms with Crippen molar-refractivity contribution < 1.29 is 25.0 Å². The molecule has 0 amide bonds. The minimum absolute atomic E-state index is 0.145. The van der Waals surface area contributed by atoms with Crippen LogP contribution in [-0.2, 0) is 4.74 Å². The second kappa shape index (κ2) is 6.59. The van der Waals surface area contributed by atoms with Crippen molar-refractivity contribution in [3.63, 3.8) is 0 Å². The van der Waals surface area contributed by atoms with E-state index in [-0.39, 0.29) is 16.7 Å². The molecule has 26 heavy (non-hydrogen) atoms. The smallest absolute Gasteiger partial charge is 0.278 e. The first-order valence-corrected chi connectivity index (χ1v) is 8.65. The molecular weight excluding hydrogens is 344 g/mol. The third-order valence-corrected chi connectivity index (χ3v) is 5.14. The molecule has 4 atom stereocenters. The average Bonchev–Trinajstić information content (AvgIpc) is 3.15. The lowest BCUT2D eigenvalue weighted by Gasteiger charge is -2.32. The molecular formula is C15H23N6O5+. The van der Waals surface area contributed by atoms with Gasteiger partial charge in [0.15, 0.2) is 17.4 Å². The van der Waals surface area contributed by atoms with Gasteiger partial charge in [0.05, 0.1) is 46.2 Å². The van der Waals surface area contributed by atoms with E-state index in [0.717, 1.165) is 26.2 Å². The van der Waals surface area contributed by atoms with Crippen molar-refractivity contribution in [2.24, 2.45) is 0 Å². The lowest BCUT2D eigenvalue weighted by atomic mass is 10.1. The molecule has 2 aromatic rings. The van der Waals surface area contributed by atoms with Gasteiger partial charge in [-0.15, -0.1) is 0 Å². The molecule has 142 valence electrons. The van der Waals surface area contributed by atoms with Crippen molar-refractivity contribution in [2.45, 2.75) is 24.5 Å². The minimum Gasteiger partial charge on any atom is -0.394 e. The first-order chi connectivity index (χ1) is 12.5. The number of nitrogens with zero attached hydrogens (tertiary/aromatic N) is 4. The maximum absolute atomic E-state index is 12.2. The summed E-state index contributed by atoms with van der Waals surface area (Å²) in [5, 5.41) is 29.9. The molecule has 2 aliphatic heterocycles. The number of nitrogens with one attached hydrogen (secondary N) is 2. The molecule has 2 aromatic heterocycles. The zero-order chi connectivity index (χ0) is 18.4. The Hall–Kier alpha value is -2.05. The number of likely N-dealkylation sites (N-methyl/N-ethyl adjacent to an activating group) is 1. The van der Waals surface area contributed by atoms with Crippen LogP contribution in [0.4, 0.5) is 5.95 Å². The highest BCUT2D eigenvalue weighted by Gasteiger charge is 2.45. The molecule has 11 heteroatoms. The van der Waals surface area contributed by atoms with Gasteiger partial charge in [-0.1, -0.05) is 0 Å². The highest BCUT2D eigenvalue weighted by molar-refractivity contribution is 5.73. The van der Waals surface area contributed by atoms with E-state index in [9.17, 15) is 20.1 Å². The van der Waals surface area contributed by atoms with Crippen LogP contribution in [0, 0.1) is 0 Å². The molecule has 0 saturated carbocycles. The normalized spacial score (nSPS) is 30.4. The summed E-state index contributed by atoms with van der Waals surface area (Å²) in [5.74, 6) is 0.464. The van der Waals surface area contributed by atoms with E-state index >= 15 is 0 Å². The molecule has 0 bridgehead atoms. The monoisotopic (exact) mass is 367 g/mol. The van der Waals surface area contributed by atoms with Crippen LogP contribution in [0.25, 0.3) is 11.2 Å². The first-order valence-electron chi connectivity index (χ1n) is 8.65. The van der Waals surface area contributed by atoms with Gasteiger partial charge in [-0.2, -0.15) is 0 Å². The Kier molecular flexibility index (Phi) is 4.40. The number of aromatic nitrogens is 4. The molecule has 4 rings (SSSR count). The van der Waals surface area contributed by atoms with E-state index in [1.54, 1.807) is 4.57 Å². The average molecular weight is 367 g/mol. The highest BCUT2D eigenvalue weighted by atomic mass is 16.6. The fourth-order valence-electron chi connectivity index (χ4n) is 3.55. The minimum atomic E-state index is -1.28. The zero-order valence-corrected chi connectivity index (χ0v) is 14.4. The Balaban J connectivity index is 1.83. The number of aliphatic hydroxyl groups is 3. The number of aromatic amines is 1. The van der Waals surface area contributed by atoms with Gasteiger partial charge in [0.2, 0.25) is 5.95 Å². The Morgan fingerprint density at radius 2 is 2.08 bits per heavy atom. The second-order valence-corrected chi connectivity index (χ2v) is 6.86. The van der Waals surface area contributed by atoms with E-state index in [2.05, 4.69) is 22.0 Å². The number of hydrogen-bond acceptors (Lipinski definition) is 8. The van der Waals surface area contributed by atoms with Crippen molar-refractivity contribution in [3.05, 3.63) is 16.7 Å². The van der Waals surface area contributed by atoms with E-state index < -0.39 is 31.1 Å². The number of aliphatic hydroxyl groups excluding tert-OH is 3. The molecule has 0 unspecified atom stereocenters. The molecule has 2 fully saturated rings. The SMILES string of the molecule is C[NH+]1CCN(c2nc3c(=O)[nH]cnc3n2[C@H]2O[C@@H](CO)[C@@H](O)[C@H]2O)CC1. The van der Waals surface area contributed by atoms with Crippen LogP contribution < -0.4 is 15.4 Å². The number of rotatable bonds is 3. The third-order valence-electron chi connectivity index (χ3n) is 5.14. The molecule has 0 spiro atoms. The van der Waals surface area contributed by atoms with Gasteiger partial charge in [-0.05, 0) is 0 Å². The molecule has 0 aromatic carbocycles. The fourth-order valence-corrected chi connectivity index (χ4v) is 3.55. The van der Waals surface area contributed by atoms with Crippen LogP contribution in [-0.4, -0.2) is 93.0 Å². The molecule has 2 aliphatic rings. The summed E-state index contributed by atoms with van der Waals surface area (Å²) < 4.78 is 7.22. The van der Waals surface area contributed by atoms with E-state index in [0.29, 0.717) is 5.95 Å². The van der Waals surface area contributed by atoms with Crippen LogP contribution in [0.1, 0.15) is 6.23 Å². The largest absolute Gasteiger partial charge is 0.394 e. The van der Waals surface area contributed by atoms with Gasteiger partial charge < -0.3 is 34.8 Å². The Labute approximate surface area is 148 Å². The lowest BCUT2D eigenvalue weighted by Crippen LogP contribution is -3.12. The standard InChI is InChI=1S/C15H22N6O5/c1-19-2-4-20(5-3-19)15-18-9-12(16-7-17-13(9)25)21(15)14-11(24)10(23)8(6-22)26-14/h7-8,10-11,14,22-24H,2-6H2,1H3,(H,16,17,25)/p+1/t8-,10+,11+,14-/m0/s1. The summed E-state index contributed by atoms with van der Waals surface area (Å²) in [4.78, 5) is 26.7. The highest BCUT2D eigenvalue weighted by Crippen LogP contribution is 2.34. The number of anilines is 1. The molecule has 0 aliphatic carbocycles. The van der Waals surface area contributed by atoms with Gasteiger partial charge >= 0.3 is 0 Å². The van der Waals surface area contributed by atoms with Crippen molar-refractivity contribution in [1.82, 2.24) is 19.5 Å². The van der Waals surface area contributed by atoms with Crippen molar-refractivity contribution >= 4 is 17.1 Å². The quantitative estimate of drug-likeness (QED) is 0.370. The van der Waals surface area contributed by atoms with E-state index in [4.69, 9.17) is 4.74 Å². The number of quaternary nitrogens is 1. The van der Waals surface area contributed by atoms with Gasteiger partial charge in [-0.25, -0.2) is 9.97 Å². The van der Waals surface area contributed by atoms with E-state index in [1.165, 1.54) is 11.2 Å². The molecule has 11 nitrogen and oxygen atoms in total. The summed E-state index contributed by atoms with van der Waals surface area (Å²) >= 11 is 0. The number of piperazine rings is 1. The number of imidazole rings is 1. The lowest BCUT2D eigenvalue weighted by molar-refractivity contribution is -0.880. The molecule has 0 radical (unpaired) electrons. The Morgan fingerprint density at radius 3 is 2.73 bits per heavy atom. The summed E-state index contributed by atoms with van der Waals surface area (Å²) in [6.45, 7) is 2.83. The number of H-pyrrole nitrogens is 1. The first kappa shape index (κ1) is 17.4. The number of fused-ring (bicyclic) bond motifs is 1. The van der Waals surface area contributed by atoms with Crippen LogP contribution in [0.5, 0.6) is 0 Å². The predicted molar refractivity (Wildman–Crippen MR) is 90.0 cm³/mol. The van der Waals surface area contributed by atoms with Crippen LogP contribution in [0.2, 0.25) is 0 Å². The van der Waals surface area contributed by atoms with Gasteiger partial charge in [-0.3, -0.25) is 9.36 Å². The molecule has 2 saturated heterocycles. The van der Waals surface area contributed by atoms with Gasteiger partial charge in [0.25, 0.3) is 5.56 Å². The topological polar surface area (TPSA) is 141 Å². The zero-order valence-electron chi connectivity index (χ0n) is 14.4. The maximum atomic E-state index is 12.2. The van der Waals surface area contributed by atoms with Crippen LogP contribution in [0.3, 0.4) is 0 Å². The van der Waals surface area contributed by atoms with Gasteiger partial charge in [0, 0.05) is 0 Å². The molecule has 5 N–H and O–H groups in total. The number of ether oxygens (including phenoxy) is 1. The number of hydrogen-bond donors (Lipinski definition) is 5. The van der Waals surface area contributed by atoms with E-state index in [1.807, 2.05) is 4.90 Å². The third kappa shape index (κ3) is 2.68. The summed E-state index contributed by atoms with van der Waals surface area (Å²) in [6.07, 6.45) is -3.17. The predicted octanol–water partition coefficient (Wildman–Crippen LogP) is -3.93. The second-order valence-electron chi connectivity index (χ2n) is 6.86. The van der Waals surface area contributed by atoms with Crippen molar-refractivity contribution in [3.8, 4) is 0 Å². The van der Waals surface area contributed by atoms with Crippen molar-refractivity contribution in [2.75, 3.05) is 44.7 Å². The maximum Gasteiger partial charge on any atom is 0.278 e. The van der Waals surface area contributed by atoms with Crippen LogP contribution in [0.15, 0.2) is 11.1 Å². The van der Waals surface area contributed by atoms with Crippen molar-refractivity contribution in [1.29, 1.82) is 0 Å². The Morgan fingerprint density at radius 1 is 1.35 bits per heavy atom. The molecule has 4 heterocycles. The van der Waals surface area contributed by atoms with Gasteiger partial charge in [0.1, 0.15) is 18.3 Å². The fraction of sp³-hybridized carbons (Fsp3) is 0.667. The Bertz CT molecular complexity index is 845. The van der Waals surface area contributed by atoms with Crippen LogP contribution >= 0.6 is 0 Å². The summed E-state index contributed by atoms with van der Waals surface area (Å²) in [7, 11) is 2.11.